The van der Waals surface area contributed by atoms with Crippen molar-refractivity contribution in [3.05, 3.63) is 59.4 Å². The van der Waals surface area contributed by atoms with E-state index >= 15 is 0 Å². The lowest BCUT2D eigenvalue weighted by Gasteiger charge is -2.16. The fourth-order valence-electron chi connectivity index (χ4n) is 3.87. The number of sulfonamides is 1. The van der Waals surface area contributed by atoms with Crippen LogP contribution in [0.15, 0.2) is 46.9 Å². The van der Waals surface area contributed by atoms with Gasteiger partial charge in [-0.15, -0.1) is 0 Å². The van der Waals surface area contributed by atoms with E-state index in [-0.39, 0.29) is 11.5 Å². The Hall–Kier alpha value is -2.80. The Morgan fingerprint density at radius 2 is 1.93 bits per heavy atom. The van der Waals surface area contributed by atoms with Crippen molar-refractivity contribution >= 4 is 32.5 Å². The van der Waals surface area contributed by atoms with Crippen LogP contribution in [0.3, 0.4) is 0 Å². The van der Waals surface area contributed by atoms with E-state index in [0.29, 0.717) is 58.7 Å². The van der Waals surface area contributed by atoms with E-state index in [0.717, 1.165) is 12.8 Å². The number of anilines is 1. The molecule has 0 amide bonds. The number of methoxy groups -OCH3 is 1. The van der Waals surface area contributed by atoms with E-state index in [2.05, 4.69) is 6.92 Å². The molecule has 2 aromatic carbocycles. The molecule has 1 aliphatic rings. The first kappa shape index (κ1) is 20.5. The van der Waals surface area contributed by atoms with E-state index < -0.39 is 10.0 Å². The van der Waals surface area contributed by atoms with E-state index in [9.17, 15) is 13.2 Å². The minimum Gasteiger partial charge on any atom is -0.497 e. The number of carbonyl (C=O) groups excluding carboxylic acids is 1. The average molecular weight is 428 g/mol. The van der Waals surface area contributed by atoms with Crippen LogP contribution in [0.5, 0.6) is 5.75 Å². The molecule has 1 saturated heterocycles. The summed E-state index contributed by atoms with van der Waals surface area (Å²) in [5.74, 6) is 1.34. The fraction of sp³-hybridized carbons (Fsp3) is 0.348. The molecule has 0 N–H and O–H groups in total. The van der Waals surface area contributed by atoms with Crippen molar-refractivity contribution < 1.29 is 22.4 Å². The molecule has 3 aromatic rings. The standard InChI is InChI=1S/C23H25NO5S/c1-3-4-6-21-22(23(25)16-7-10-18(28-2)11-8-16)19-15-17(9-12-20(19)29-21)24-13-5-14-30(24,26)27/h7-12,15H,3-6,13-14H2,1-2H3. The molecule has 1 aromatic heterocycles. The van der Waals surface area contributed by atoms with Crippen LogP contribution in [0.25, 0.3) is 11.0 Å². The van der Waals surface area contributed by atoms with Gasteiger partial charge in [0.1, 0.15) is 17.1 Å². The number of aryl methyl sites for hydroxylation is 1. The van der Waals surface area contributed by atoms with Crippen LogP contribution in [0.4, 0.5) is 5.69 Å². The van der Waals surface area contributed by atoms with Gasteiger partial charge in [0.25, 0.3) is 0 Å². The second-order valence-corrected chi connectivity index (χ2v) is 9.50. The zero-order valence-electron chi connectivity index (χ0n) is 17.2. The highest BCUT2D eigenvalue weighted by Crippen LogP contribution is 2.34. The minimum atomic E-state index is -3.31. The predicted molar refractivity (Wildman–Crippen MR) is 117 cm³/mol. The average Bonchev–Trinajstić information content (AvgIpc) is 3.30. The molecular formula is C23H25NO5S. The summed E-state index contributed by atoms with van der Waals surface area (Å²) in [6.45, 7) is 2.54. The molecule has 0 atom stereocenters. The maximum atomic E-state index is 13.4. The molecule has 0 bridgehead atoms. The summed E-state index contributed by atoms with van der Waals surface area (Å²) in [5.41, 5.74) is 2.22. The summed E-state index contributed by atoms with van der Waals surface area (Å²) in [6.07, 6.45) is 3.13. The normalized spacial score (nSPS) is 15.6. The SMILES string of the molecule is CCCCc1oc2ccc(N3CCCS3(=O)=O)cc2c1C(=O)c1ccc(OC)cc1. The van der Waals surface area contributed by atoms with E-state index in [1.165, 1.54) is 4.31 Å². The number of carbonyl (C=O) groups is 1. The van der Waals surface area contributed by atoms with Gasteiger partial charge in [0.15, 0.2) is 5.78 Å². The lowest BCUT2D eigenvalue weighted by atomic mass is 9.98. The van der Waals surface area contributed by atoms with Gasteiger partial charge in [0.2, 0.25) is 10.0 Å². The molecule has 0 spiro atoms. The van der Waals surface area contributed by atoms with Crippen LogP contribution in [0.1, 0.15) is 47.9 Å². The first-order valence-corrected chi connectivity index (χ1v) is 11.8. The highest BCUT2D eigenvalue weighted by atomic mass is 32.2. The molecule has 4 rings (SSSR count). The van der Waals surface area contributed by atoms with Crippen molar-refractivity contribution in [3.63, 3.8) is 0 Å². The molecule has 0 saturated carbocycles. The smallest absolute Gasteiger partial charge is 0.235 e. The van der Waals surface area contributed by atoms with Gasteiger partial charge in [-0.05, 0) is 55.3 Å². The topological polar surface area (TPSA) is 76.8 Å². The van der Waals surface area contributed by atoms with E-state index in [4.69, 9.17) is 9.15 Å². The highest BCUT2D eigenvalue weighted by molar-refractivity contribution is 7.93. The summed E-state index contributed by atoms with van der Waals surface area (Å²) in [5, 5.41) is 0.654. The van der Waals surface area contributed by atoms with Gasteiger partial charge in [-0.1, -0.05) is 13.3 Å². The lowest BCUT2D eigenvalue weighted by molar-refractivity contribution is 0.103. The van der Waals surface area contributed by atoms with Crippen LogP contribution < -0.4 is 9.04 Å². The van der Waals surface area contributed by atoms with E-state index in [1.807, 2.05) is 0 Å². The van der Waals surface area contributed by atoms with Crippen molar-refractivity contribution in [3.8, 4) is 5.75 Å². The number of rotatable bonds is 7. The molecule has 7 heteroatoms. The maximum absolute atomic E-state index is 13.4. The van der Waals surface area contributed by atoms with Gasteiger partial charge in [-0.25, -0.2) is 8.42 Å². The van der Waals surface area contributed by atoms with Crippen LogP contribution in [0.2, 0.25) is 0 Å². The second kappa shape index (κ2) is 8.14. The van der Waals surface area contributed by atoms with Crippen LogP contribution in [-0.4, -0.2) is 33.6 Å². The molecule has 6 nitrogen and oxygen atoms in total. The number of benzene rings is 2. The van der Waals surface area contributed by atoms with Crippen molar-refractivity contribution in [2.45, 2.75) is 32.6 Å². The largest absolute Gasteiger partial charge is 0.497 e. The zero-order chi connectivity index (χ0) is 21.3. The van der Waals surface area contributed by atoms with Gasteiger partial charge in [-0.2, -0.15) is 0 Å². The highest BCUT2D eigenvalue weighted by Gasteiger charge is 2.30. The van der Waals surface area contributed by atoms with Crippen molar-refractivity contribution in [1.82, 2.24) is 0 Å². The monoisotopic (exact) mass is 427 g/mol. The van der Waals surface area contributed by atoms with Gasteiger partial charge in [0, 0.05) is 23.9 Å². The Bertz CT molecular complexity index is 1180. The summed E-state index contributed by atoms with van der Waals surface area (Å²) in [6, 6.07) is 12.3. The first-order chi connectivity index (χ1) is 14.4. The Morgan fingerprint density at radius 1 is 1.17 bits per heavy atom. The number of hydrogen-bond acceptors (Lipinski definition) is 5. The minimum absolute atomic E-state index is 0.135. The molecule has 158 valence electrons. The molecule has 1 aliphatic heterocycles. The summed E-state index contributed by atoms with van der Waals surface area (Å²) in [7, 11) is -1.72. The first-order valence-electron chi connectivity index (χ1n) is 10.2. The Labute approximate surface area is 176 Å². The number of unbranched alkanes of at least 4 members (excludes halogenated alkanes) is 1. The van der Waals surface area contributed by atoms with Gasteiger partial charge < -0.3 is 9.15 Å². The third-order valence-corrected chi connectivity index (χ3v) is 7.34. The van der Waals surface area contributed by atoms with Crippen LogP contribution in [-0.2, 0) is 16.4 Å². The van der Waals surface area contributed by atoms with Crippen LogP contribution >= 0.6 is 0 Å². The predicted octanol–water partition coefficient (Wildman–Crippen LogP) is 4.55. The number of ketones is 1. The summed E-state index contributed by atoms with van der Waals surface area (Å²) in [4.78, 5) is 13.4. The van der Waals surface area contributed by atoms with Crippen molar-refractivity contribution in [2.75, 3.05) is 23.7 Å². The Morgan fingerprint density at radius 3 is 2.57 bits per heavy atom. The van der Waals surface area contributed by atoms with Crippen molar-refractivity contribution in [1.29, 1.82) is 0 Å². The second-order valence-electron chi connectivity index (χ2n) is 7.48. The fourth-order valence-corrected chi connectivity index (χ4v) is 5.43. The molecule has 0 unspecified atom stereocenters. The van der Waals surface area contributed by atoms with Gasteiger partial charge in [0.05, 0.1) is 24.1 Å². The molecule has 2 heterocycles. The Kier molecular flexibility index (Phi) is 5.56. The van der Waals surface area contributed by atoms with Crippen molar-refractivity contribution in [2.24, 2.45) is 0 Å². The number of ether oxygens (including phenoxy) is 1. The zero-order valence-corrected chi connectivity index (χ0v) is 18.0. The number of furan rings is 1. The number of hydrogen-bond donors (Lipinski definition) is 0. The molecular weight excluding hydrogens is 402 g/mol. The maximum Gasteiger partial charge on any atom is 0.235 e. The quantitative estimate of drug-likeness (QED) is 0.517. The molecule has 1 fully saturated rings. The van der Waals surface area contributed by atoms with Gasteiger partial charge >= 0.3 is 0 Å². The number of fused-ring (bicyclic) bond motifs is 1. The summed E-state index contributed by atoms with van der Waals surface area (Å²) < 4.78 is 37.4. The van der Waals surface area contributed by atoms with Gasteiger partial charge in [-0.3, -0.25) is 9.10 Å². The lowest BCUT2D eigenvalue weighted by Crippen LogP contribution is -2.24. The molecule has 30 heavy (non-hydrogen) atoms. The third kappa shape index (κ3) is 3.69. The summed E-state index contributed by atoms with van der Waals surface area (Å²) >= 11 is 0. The van der Waals surface area contributed by atoms with Crippen LogP contribution in [0, 0.1) is 0 Å². The van der Waals surface area contributed by atoms with E-state index in [1.54, 1.807) is 49.6 Å². The molecule has 0 radical (unpaired) electrons. The third-order valence-electron chi connectivity index (χ3n) is 5.47. The Balaban J connectivity index is 1.83. The number of nitrogens with zero attached hydrogens (tertiary/aromatic N) is 1. The molecule has 0 aliphatic carbocycles.